The number of carbonyl (C=O) groups is 1. The number of allylic oxidation sites excluding steroid dienone is 1. The van der Waals surface area contributed by atoms with Gasteiger partial charge >= 0.3 is 5.97 Å². The molecule has 1 aromatic heterocycles. The average molecular weight is 358 g/mol. The van der Waals surface area contributed by atoms with E-state index >= 15 is 0 Å². The number of non-ortho nitro benzene ring substituents is 1. The normalized spacial score (nSPS) is 16.2. The Morgan fingerprint density at radius 2 is 2.04 bits per heavy atom. The number of thiophene rings is 1. The van der Waals surface area contributed by atoms with Gasteiger partial charge in [0.05, 0.1) is 22.6 Å². The molecule has 1 aliphatic heterocycles. The van der Waals surface area contributed by atoms with Gasteiger partial charge in [0.15, 0.2) is 0 Å². The van der Waals surface area contributed by atoms with Crippen molar-refractivity contribution in [3.8, 4) is 0 Å². The van der Waals surface area contributed by atoms with Gasteiger partial charge in [-0.2, -0.15) is 0 Å². The third-order valence-electron chi connectivity index (χ3n) is 4.53. The number of aryl methyl sites for hydroxylation is 1. The van der Waals surface area contributed by atoms with Crippen LogP contribution in [0, 0.1) is 24.0 Å². The second-order valence-electron chi connectivity index (χ2n) is 5.97. The van der Waals surface area contributed by atoms with Gasteiger partial charge in [-0.1, -0.05) is 12.1 Å². The Morgan fingerprint density at radius 3 is 2.68 bits per heavy atom. The van der Waals surface area contributed by atoms with E-state index in [1.807, 2.05) is 26.8 Å². The summed E-state index contributed by atoms with van der Waals surface area (Å²) in [6.07, 6.45) is 0. The maximum Gasteiger partial charge on any atom is 0.336 e. The molecule has 0 spiro atoms. The summed E-state index contributed by atoms with van der Waals surface area (Å²) in [4.78, 5) is 24.4. The van der Waals surface area contributed by atoms with E-state index in [9.17, 15) is 14.9 Å². The van der Waals surface area contributed by atoms with Crippen molar-refractivity contribution in [2.24, 2.45) is 0 Å². The molecule has 0 fully saturated rings. The molecule has 7 heteroatoms. The van der Waals surface area contributed by atoms with Gasteiger partial charge in [-0.25, -0.2) is 4.79 Å². The van der Waals surface area contributed by atoms with E-state index < -0.39 is 16.8 Å². The lowest BCUT2D eigenvalue weighted by molar-refractivity contribution is -0.384. The SMILES string of the molecule is COC(=O)C1=C(C)Nc2sc(C)c(C)c2C1c1cccc([N+](=O)[O-])c1. The first-order valence-corrected chi connectivity index (χ1v) is 8.57. The molecule has 1 N–H and O–H groups in total. The van der Waals surface area contributed by atoms with Crippen LogP contribution in [0.2, 0.25) is 0 Å². The average Bonchev–Trinajstić information content (AvgIpc) is 2.87. The number of carbonyl (C=O) groups excluding carboxylic acids is 1. The number of nitro groups is 1. The van der Waals surface area contributed by atoms with Crippen molar-refractivity contribution >= 4 is 28.0 Å². The van der Waals surface area contributed by atoms with Gasteiger partial charge in [0.2, 0.25) is 0 Å². The lowest BCUT2D eigenvalue weighted by Gasteiger charge is -2.28. The summed E-state index contributed by atoms with van der Waals surface area (Å²) in [7, 11) is 1.34. The highest BCUT2D eigenvalue weighted by atomic mass is 32.1. The topological polar surface area (TPSA) is 81.5 Å². The standard InChI is InChI=1S/C18H18N2O4S/c1-9-11(3)25-17-14(9)16(15(10(2)19-17)18(21)24-4)12-6-5-7-13(8-12)20(22)23/h5-8,16,19H,1-4H3. The minimum Gasteiger partial charge on any atom is -0.466 e. The maximum absolute atomic E-state index is 12.5. The minimum atomic E-state index is -0.435. The lowest BCUT2D eigenvalue weighted by atomic mass is 9.81. The van der Waals surface area contributed by atoms with E-state index in [2.05, 4.69) is 5.32 Å². The molecule has 1 unspecified atom stereocenters. The van der Waals surface area contributed by atoms with Gasteiger partial charge in [0.25, 0.3) is 5.69 Å². The minimum absolute atomic E-state index is 0.00376. The van der Waals surface area contributed by atoms with Crippen LogP contribution in [0.25, 0.3) is 0 Å². The quantitative estimate of drug-likeness (QED) is 0.503. The Morgan fingerprint density at radius 1 is 1.32 bits per heavy atom. The first-order chi connectivity index (χ1) is 11.8. The molecule has 6 nitrogen and oxygen atoms in total. The molecule has 0 saturated heterocycles. The Labute approximate surface area is 149 Å². The fourth-order valence-electron chi connectivity index (χ4n) is 3.22. The van der Waals surface area contributed by atoms with E-state index in [0.717, 1.165) is 21.0 Å². The van der Waals surface area contributed by atoms with E-state index in [-0.39, 0.29) is 5.69 Å². The second kappa shape index (κ2) is 6.33. The van der Waals surface area contributed by atoms with Crippen molar-refractivity contribution in [2.45, 2.75) is 26.7 Å². The van der Waals surface area contributed by atoms with Crippen LogP contribution < -0.4 is 5.32 Å². The van der Waals surface area contributed by atoms with Crippen molar-refractivity contribution in [2.75, 3.05) is 12.4 Å². The highest BCUT2D eigenvalue weighted by molar-refractivity contribution is 7.16. The Hall–Kier alpha value is -2.67. The molecule has 0 bridgehead atoms. The van der Waals surface area contributed by atoms with Gasteiger partial charge in [-0.3, -0.25) is 10.1 Å². The van der Waals surface area contributed by atoms with Crippen LogP contribution in [-0.4, -0.2) is 18.0 Å². The van der Waals surface area contributed by atoms with Crippen LogP contribution in [0.3, 0.4) is 0 Å². The van der Waals surface area contributed by atoms with Gasteiger partial charge in [0.1, 0.15) is 0 Å². The Bertz CT molecular complexity index is 914. The number of nitrogens with one attached hydrogen (secondary N) is 1. The number of ether oxygens (including phenoxy) is 1. The Balaban J connectivity index is 2.27. The zero-order chi connectivity index (χ0) is 18.3. The zero-order valence-electron chi connectivity index (χ0n) is 14.4. The van der Waals surface area contributed by atoms with Crippen LogP contribution in [0.5, 0.6) is 0 Å². The highest BCUT2D eigenvalue weighted by Gasteiger charge is 2.36. The van der Waals surface area contributed by atoms with E-state index in [1.165, 1.54) is 19.2 Å². The van der Waals surface area contributed by atoms with E-state index in [1.54, 1.807) is 17.4 Å². The molecule has 0 radical (unpaired) electrons. The lowest BCUT2D eigenvalue weighted by Crippen LogP contribution is -2.23. The van der Waals surface area contributed by atoms with Crippen LogP contribution >= 0.6 is 11.3 Å². The summed E-state index contributed by atoms with van der Waals surface area (Å²) < 4.78 is 4.98. The molecule has 0 saturated carbocycles. The number of rotatable bonds is 3. The summed E-state index contributed by atoms with van der Waals surface area (Å²) in [5, 5.41) is 15.4. The monoisotopic (exact) mass is 358 g/mol. The number of fused-ring (bicyclic) bond motifs is 1. The number of nitro benzene ring substituents is 1. The smallest absolute Gasteiger partial charge is 0.336 e. The first-order valence-electron chi connectivity index (χ1n) is 7.75. The van der Waals surface area contributed by atoms with Gasteiger partial charge in [-0.15, -0.1) is 11.3 Å². The third-order valence-corrected chi connectivity index (χ3v) is 5.67. The molecule has 2 heterocycles. The summed E-state index contributed by atoms with van der Waals surface area (Å²) in [6.45, 7) is 5.85. The maximum atomic E-state index is 12.5. The number of anilines is 1. The fourth-order valence-corrected chi connectivity index (χ4v) is 4.37. The summed E-state index contributed by atoms with van der Waals surface area (Å²) in [6, 6.07) is 6.44. The number of nitrogens with zero attached hydrogens (tertiary/aromatic N) is 1. The van der Waals surface area contributed by atoms with Gasteiger partial charge in [-0.05, 0) is 31.9 Å². The van der Waals surface area contributed by atoms with Crippen molar-refractivity contribution in [3.63, 3.8) is 0 Å². The van der Waals surface area contributed by atoms with E-state index in [4.69, 9.17) is 4.74 Å². The number of hydrogen-bond acceptors (Lipinski definition) is 6. The first kappa shape index (κ1) is 17.2. The van der Waals surface area contributed by atoms with Crippen molar-refractivity contribution in [1.82, 2.24) is 0 Å². The molecule has 1 atom stereocenters. The summed E-state index contributed by atoms with van der Waals surface area (Å²) in [5.41, 5.74) is 3.96. The zero-order valence-corrected chi connectivity index (χ0v) is 15.2. The molecule has 1 aromatic carbocycles. The number of benzene rings is 1. The summed E-state index contributed by atoms with van der Waals surface area (Å²) >= 11 is 1.62. The molecular weight excluding hydrogens is 340 g/mol. The van der Waals surface area contributed by atoms with Crippen LogP contribution in [-0.2, 0) is 9.53 Å². The predicted molar refractivity (Wildman–Crippen MR) is 97.1 cm³/mol. The molecule has 1 aliphatic rings. The highest BCUT2D eigenvalue weighted by Crippen LogP contribution is 2.48. The molecular formula is C18H18N2O4S. The van der Waals surface area contributed by atoms with Crippen LogP contribution in [0.1, 0.15) is 34.4 Å². The third kappa shape index (κ3) is 2.80. The second-order valence-corrected chi connectivity index (χ2v) is 7.19. The van der Waals surface area contributed by atoms with Crippen LogP contribution in [0.15, 0.2) is 35.5 Å². The largest absolute Gasteiger partial charge is 0.466 e. The van der Waals surface area contributed by atoms with E-state index in [0.29, 0.717) is 16.8 Å². The van der Waals surface area contributed by atoms with Gasteiger partial charge < -0.3 is 10.1 Å². The predicted octanol–water partition coefficient (Wildman–Crippen LogP) is 4.28. The van der Waals surface area contributed by atoms with Crippen molar-refractivity contribution in [3.05, 3.63) is 67.2 Å². The molecule has 0 amide bonds. The number of hydrogen-bond donors (Lipinski definition) is 1. The molecule has 0 aliphatic carbocycles. The summed E-state index contributed by atoms with van der Waals surface area (Å²) in [5.74, 6) is -0.830. The van der Waals surface area contributed by atoms with Crippen molar-refractivity contribution < 1.29 is 14.5 Å². The number of methoxy groups -OCH3 is 1. The fraction of sp³-hybridized carbons (Fsp3) is 0.278. The van der Waals surface area contributed by atoms with Crippen LogP contribution in [0.4, 0.5) is 10.7 Å². The molecule has 25 heavy (non-hydrogen) atoms. The van der Waals surface area contributed by atoms with Gasteiger partial charge in [0, 0.05) is 34.2 Å². The molecule has 2 aromatic rings. The van der Waals surface area contributed by atoms with Crippen molar-refractivity contribution in [1.29, 1.82) is 0 Å². The Kier molecular flexibility index (Phi) is 4.34. The molecule has 3 rings (SSSR count). The number of esters is 1. The molecule has 130 valence electrons.